The van der Waals surface area contributed by atoms with Gasteiger partial charge in [-0.2, -0.15) is 0 Å². The highest BCUT2D eigenvalue weighted by atomic mass is 32.1. The van der Waals surface area contributed by atoms with Crippen LogP contribution in [0.15, 0.2) is 54.6 Å². The van der Waals surface area contributed by atoms with Crippen LogP contribution in [0.25, 0.3) is 0 Å². The van der Waals surface area contributed by atoms with Crippen molar-refractivity contribution in [3.8, 4) is 5.75 Å². The van der Waals surface area contributed by atoms with Gasteiger partial charge in [-0.3, -0.25) is 4.79 Å². The second-order valence-electron chi connectivity index (χ2n) is 7.76. The van der Waals surface area contributed by atoms with Crippen molar-refractivity contribution in [3.05, 3.63) is 60.2 Å². The van der Waals surface area contributed by atoms with Gasteiger partial charge in [0.05, 0.1) is 31.2 Å². The van der Waals surface area contributed by atoms with Gasteiger partial charge in [0.25, 0.3) is 0 Å². The summed E-state index contributed by atoms with van der Waals surface area (Å²) in [5, 5.41) is 11.2. The van der Waals surface area contributed by atoms with E-state index in [4.69, 9.17) is 21.7 Å². The van der Waals surface area contributed by atoms with Crippen LogP contribution in [0.1, 0.15) is 12.0 Å². The van der Waals surface area contributed by atoms with Crippen molar-refractivity contribution in [2.75, 3.05) is 12.0 Å². The molecule has 2 aromatic rings. The van der Waals surface area contributed by atoms with Gasteiger partial charge in [-0.1, -0.05) is 30.3 Å². The maximum atomic E-state index is 12.6. The fraction of sp³-hybridized carbons (Fsp3) is 0.364. The first-order valence-corrected chi connectivity index (χ1v) is 10.2. The van der Waals surface area contributed by atoms with E-state index in [1.807, 2.05) is 42.5 Å². The van der Waals surface area contributed by atoms with Gasteiger partial charge >= 0.3 is 5.97 Å². The quantitative estimate of drug-likeness (QED) is 0.613. The summed E-state index contributed by atoms with van der Waals surface area (Å²) in [4.78, 5) is 16.7. The Labute approximate surface area is 174 Å². The third-order valence-electron chi connectivity index (χ3n) is 6.18. The van der Waals surface area contributed by atoms with E-state index >= 15 is 0 Å². The summed E-state index contributed by atoms with van der Waals surface area (Å²) >= 11 is 5.90. The minimum absolute atomic E-state index is 0.158. The number of rotatable bonds is 4. The number of carbonyl (C=O) groups is 1. The molecule has 1 N–H and O–H groups in total. The SMILES string of the molecule is COc1ccc(N2C(=S)N(Cc3ccccc3)[C@H]3[C@H]4OC(=O)[C@H](C[C@H]4O)[C@H]32)cc1. The molecule has 3 heterocycles. The van der Waals surface area contributed by atoms with Crippen LogP contribution in [0, 0.1) is 5.92 Å². The molecular weight excluding hydrogens is 388 g/mol. The molecule has 4 fully saturated rings. The lowest BCUT2D eigenvalue weighted by molar-refractivity contribution is -0.194. The van der Waals surface area contributed by atoms with Gasteiger partial charge in [-0.15, -0.1) is 0 Å². The molecule has 0 amide bonds. The predicted molar refractivity (Wildman–Crippen MR) is 112 cm³/mol. The van der Waals surface area contributed by atoms with Crippen molar-refractivity contribution in [1.29, 1.82) is 0 Å². The molecule has 150 valence electrons. The van der Waals surface area contributed by atoms with E-state index in [2.05, 4.69) is 21.9 Å². The summed E-state index contributed by atoms with van der Waals surface area (Å²) in [6.07, 6.45) is -0.850. The van der Waals surface area contributed by atoms with Crippen LogP contribution in [-0.4, -0.2) is 52.5 Å². The largest absolute Gasteiger partial charge is 0.497 e. The van der Waals surface area contributed by atoms with E-state index in [9.17, 15) is 9.90 Å². The Bertz CT molecular complexity index is 936. The highest BCUT2D eigenvalue weighted by Crippen LogP contribution is 2.46. The van der Waals surface area contributed by atoms with Gasteiger partial charge in [0, 0.05) is 12.2 Å². The number of benzene rings is 2. The number of hydrogen-bond acceptors (Lipinski definition) is 5. The Kier molecular flexibility index (Phi) is 4.44. The second kappa shape index (κ2) is 7.00. The van der Waals surface area contributed by atoms with Crippen LogP contribution in [0.2, 0.25) is 0 Å². The third kappa shape index (κ3) is 2.88. The maximum Gasteiger partial charge on any atom is 0.311 e. The van der Waals surface area contributed by atoms with Gasteiger partial charge < -0.3 is 24.4 Å². The Hall–Kier alpha value is -2.64. The molecule has 2 aromatic carbocycles. The molecule has 4 aliphatic rings. The molecule has 7 heteroatoms. The van der Waals surface area contributed by atoms with Crippen LogP contribution < -0.4 is 9.64 Å². The van der Waals surface area contributed by atoms with E-state index in [0.29, 0.717) is 18.1 Å². The van der Waals surface area contributed by atoms with Crippen LogP contribution in [-0.2, 0) is 16.1 Å². The van der Waals surface area contributed by atoms with Crippen LogP contribution in [0.3, 0.4) is 0 Å². The molecule has 0 radical (unpaired) electrons. The van der Waals surface area contributed by atoms with Gasteiger partial charge in [0.2, 0.25) is 0 Å². The van der Waals surface area contributed by atoms with Crippen molar-refractivity contribution in [1.82, 2.24) is 4.90 Å². The van der Waals surface area contributed by atoms with E-state index in [1.54, 1.807) is 7.11 Å². The summed E-state index contributed by atoms with van der Waals surface area (Å²) in [7, 11) is 1.63. The van der Waals surface area contributed by atoms with Gasteiger partial charge in [0.15, 0.2) is 5.11 Å². The molecule has 2 bridgehead atoms. The molecule has 0 spiro atoms. The monoisotopic (exact) mass is 410 g/mol. The fourth-order valence-electron chi connectivity index (χ4n) is 4.87. The van der Waals surface area contributed by atoms with E-state index in [1.165, 1.54) is 0 Å². The molecule has 0 aromatic heterocycles. The van der Waals surface area contributed by atoms with Gasteiger partial charge in [-0.25, -0.2) is 0 Å². The molecule has 0 unspecified atom stereocenters. The molecule has 3 aliphatic heterocycles. The number of aliphatic hydroxyl groups is 1. The lowest BCUT2D eigenvalue weighted by Gasteiger charge is -2.49. The number of carbonyl (C=O) groups excluding carboxylic acids is 1. The van der Waals surface area contributed by atoms with Crippen molar-refractivity contribution >= 4 is 29.0 Å². The van der Waals surface area contributed by atoms with E-state index < -0.39 is 18.1 Å². The first kappa shape index (κ1) is 18.4. The van der Waals surface area contributed by atoms with Crippen molar-refractivity contribution < 1.29 is 19.4 Å². The minimum atomic E-state index is -0.671. The van der Waals surface area contributed by atoms with E-state index in [0.717, 1.165) is 17.0 Å². The number of methoxy groups -OCH3 is 1. The molecule has 6 nitrogen and oxygen atoms in total. The summed E-state index contributed by atoms with van der Waals surface area (Å²) in [5.41, 5.74) is 2.03. The molecule has 1 saturated carbocycles. The van der Waals surface area contributed by atoms with Gasteiger partial charge in [-0.05, 0) is 48.5 Å². The number of anilines is 1. The van der Waals surface area contributed by atoms with Crippen LogP contribution in [0.5, 0.6) is 5.75 Å². The van der Waals surface area contributed by atoms with Crippen molar-refractivity contribution in [3.63, 3.8) is 0 Å². The predicted octanol–water partition coefficient (Wildman–Crippen LogP) is 2.35. The van der Waals surface area contributed by atoms with Crippen LogP contribution in [0.4, 0.5) is 5.69 Å². The molecule has 5 atom stereocenters. The van der Waals surface area contributed by atoms with Crippen molar-refractivity contribution in [2.45, 2.75) is 37.3 Å². The average molecular weight is 410 g/mol. The number of thiocarbonyl (C=S) groups is 1. The number of nitrogens with zero attached hydrogens (tertiary/aromatic N) is 2. The number of ether oxygens (including phenoxy) is 2. The number of aliphatic hydroxyl groups excluding tert-OH is 1. The lowest BCUT2D eigenvalue weighted by Crippen LogP contribution is -2.66. The van der Waals surface area contributed by atoms with Crippen molar-refractivity contribution in [2.24, 2.45) is 5.92 Å². The number of fused-ring (bicyclic) bond motifs is 2. The zero-order valence-corrected chi connectivity index (χ0v) is 16.8. The Morgan fingerprint density at radius 2 is 1.86 bits per heavy atom. The minimum Gasteiger partial charge on any atom is -0.497 e. The average Bonchev–Trinajstić information content (AvgIpc) is 3.03. The van der Waals surface area contributed by atoms with Gasteiger partial charge in [0.1, 0.15) is 11.9 Å². The third-order valence-corrected chi connectivity index (χ3v) is 6.62. The smallest absolute Gasteiger partial charge is 0.311 e. The summed E-state index contributed by atoms with van der Waals surface area (Å²) in [6, 6.07) is 17.4. The highest BCUT2D eigenvalue weighted by molar-refractivity contribution is 7.80. The normalized spacial score (nSPS) is 30.3. The second-order valence-corrected chi connectivity index (χ2v) is 8.12. The first-order valence-electron chi connectivity index (χ1n) is 9.75. The molecule has 6 rings (SSSR count). The Balaban J connectivity index is 1.56. The van der Waals surface area contributed by atoms with E-state index in [-0.39, 0.29) is 18.1 Å². The standard InChI is InChI=1S/C22H22N2O4S/c1-27-15-9-7-14(8-10-15)24-18-16-11-17(25)20(28-21(16)26)19(18)23(22(24)29)12-13-5-3-2-4-6-13/h2-10,16-20,25H,11-12H2,1H3/t16-,17-,18-,19-,20+/m1/s1. The maximum absolute atomic E-state index is 12.6. The molecule has 29 heavy (non-hydrogen) atoms. The number of esters is 1. The Morgan fingerprint density at radius 3 is 2.55 bits per heavy atom. The summed E-state index contributed by atoms with van der Waals surface area (Å²) < 4.78 is 10.9. The topological polar surface area (TPSA) is 62.2 Å². The number of hydrogen-bond donors (Lipinski definition) is 1. The molecule has 1 aliphatic carbocycles. The zero-order chi connectivity index (χ0) is 20.1. The lowest BCUT2D eigenvalue weighted by atomic mass is 9.74. The Morgan fingerprint density at radius 1 is 1.14 bits per heavy atom. The summed E-state index contributed by atoms with van der Waals surface area (Å²) in [6.45, 7) is 0.598. The molecular formula is C22H22N2O4S. The fourth-order valence-corrected chi connectivity index (χ4v) is 5.28. The first-order chi connectivity index (χ1) is 14.1. The highest BCUT2D eigenvalue weighted by Gasteiger charge is 2.62. The zero-order valence-electron chi connectivity index (χ0n) is 16.0. The summed E-state index contributed by atoms with van der Waals surface area (Å²) in [5.74, 6) is 0.0989. The van der Waals surface area contributed by atoms with Crippen LogP contribution >= 0.6 is 12.2 Å². The molecule has 3 saturated heterocycles.